The summed E-state index contributed by atoms with van der Waals surface area (Å²) >= 11 is 0. The summed E-state index contributed by atoms with van der Waals surface area (Å²) < 4.78 is 64.8. The van der Waals surface area contributed by atoms with Gasteiger partial charge in [0.2, 0.25) is 5.82 Å². The average Bonchev–Trinajstić information content (AvgIpc) is 2.31. The summed E-state index contributed by atoms with van der Waals surface area (Å²) in [6.07, 6.45) is 0. The lowest BCUT2D eigenvalue weighted by Crippen LogP contribution is -2.40. The van der Waals surface area contributed by atoms with Gasteiger partial charge in [0.25, 0.3) is 0 Å². The molecular formula is C9H6F5N3O. The normalized spacial score (nSPS) is 10.1. The number of nitrogens with one attached hydrogen (secondary N) is 2. The van der Waals surface area contributed by atoms with E-state index in [0.29, 0.717) is 0 Å². The Kier molecular flexibility index (Phi) is 3.74. The molecule has 18 heavy (non-hydrogen) atoms. The predicted molar refractivity (Wildman–Crippen MR) is 51.1 cm³/mol. The van der Waals surface area contributed by atoms with Crippen LogP contribution in [0.4, 0.5) is 26.7 Å². The third-order valence-electron chi connectivity index (χ3n) is 1.85. The molecule has 0 fully saturated rings. The van der Waals surface area contributed by atoms with Crippen molar-refractivity contribution in [2.75, 3.05) is 0 Å². The lowest BCUT2D eigenvalue weighted by atomic mass is 10.1. The second kappa shape index (κ2) is 4.90. The summed E-state index contributed by atoms with van der Waals surface area (Å²) in [5.74, 6) is -10.7. The highest BCUT2D eigenvalue weighted by molar-refractivity contribution is 5.73. The summed E-state index contributed by atoms with van der Waals surface area (Å²) in [5, 5.41) is 0. The zero-order valence-electron chi connectivity index (χ0n) is 8.58. The molecule has 1 aromatic rings. The summed E-state index contributed by atoms with van der Waals surface area (Å²) in [4.78, 5) is 10.3. The second-order valence-corrected chi connectivity index (χ2v) is 3.04. The van der Waals surface area contributed by atoms with Crippen molar-refractivity contribution in [2.24, 2.45) is 5.73 Å². The molecule has 0 unspecified atom stereocenters. The van der Waals surface area contributed by atoms with Crippen molar-refractivity contribution in [1.29, 1.82) is 0 Å². The van der Waals surface area contributed by atoms with E-state index in [1.807, 2.05) is 0 Å². The molecular weight excluding hydrogens is 261 g/mol. The molecule has 0 aliphatic rings. The largest absolute Gasteiger partial charge is 0.350 e. The molecule has 2 amide bonds. The van der Waals surface area contributed by atoms with Crippen LogP contribution in [0.15, 0.2) is 6.58 Å². The van der Waals surface area contributed by atoms with E-state index in [2.05, 4.69) is 12.3 Å². The fraction of sp³-hybridized carbons (Fsp3) is 0. The molecule has 9 heteroatoms. The second-order valence-electron chi connectivity index (χ2n) is 3.04. The number of hydrogen-bond acceptors (Lipinski definition) is 2. The minimum Gasteiger partial charge on any atom is -0.350 e. The van der Waals surface area contributed by atoms with Crippen molar-refractivity contribution in [1.82, 2.24) is 10.9 Å². The number of amides is 2. The van der Waals surface area contributed by atoms with Crippen LogP contribution in [-0.4, -0.2) is 6.03 Å². The number of nitrogens with two attached hydrogens (primary N) is 1. The van der Waals surface area contributed by atoms with E-state index in [1.165, 1.54) is 0 Å². The van der Waals surface area contributed by atoms with Crippen LogP contribution in [0.3, 0.4) is 0 Å². The number of carbonyl (C=O) groups excluding carboxylic acids is 1. The predicted octanol–water partition coefficient (Wildman–Crippen LogP) is 1.53. The molecule has 1 rings (SSSR count). The van der Waals surface area contributed by atoms with Crippen LogP contribution < -0.4 is 16.6 Å². The van der Waals surface area contributed by atoms with Crippen molar-refractivity contribution in [3.05, 3.63) is 41.2 Å². The van der Waals surface area contributed by atoms with Crippen LogP contribution in [0, 0.1) is 29.1 Å². The zero-order chi connectivity index (χ0) is 14.0. The minimum atomic E-state index is -2.29. The Balaban J connectivity index is 3.24. The molecule has 0 bridgehead atoms. The van der Waals surface area contributed by atoms with Crippen molar-refractivity contribution in [3.8, 4) is 0 Å². The van der Waals surface area contributed by atoms with Crippen LogP contribution in [0.1, 0.15) is 5.56 Å². The van der Waals surface area contributed by atoms with Gasteiger partial charge in [0.1, 0.15) is 0 Å². The fourth-order valence-electron chi connectivity index (χ4n) is 1.07. The van der Waals surface area contributed by atoms with Gasteiger partial charge in [0.05, 0.1) is 11.3 Å². The maximum absolute atomic E-state index is 13.2. The van der Waals surface area contributed by atoms with Gasteiger partial charge < -0.3 is 5.73 Å². The van der Waals surface area contributed by atoms with Gasteiger partial charge in [0.15, 0.2) is 23.3 Å². The van der Waals surface area contributed by atoms with E-state index in [9.17, 15) is 26.7 Å². The maximum atomic E-state index is 13.2. The van der Waals surface area contributed by atoms with Gasteiger partial charge >= 0.3 is 6.03 Å². The maximum Gasteiger partial charge on any atom is 0.330 e. The van der Waals surface area contributed by atoms with E-state index in [-0.39, 0.29) is 0 Å². The Morgan fingerprint density at radius 3 is 1.67 bits per heavy atom. The zero-order valence-corrected chi connectivity index (χ0v) is 8.58. The Morgan fingerprint density at radius 2 is 1.28 bits per heavy atom. The molecule has 1 aromatic carbocycles. The lowest BCUT2D eigenvalue weighted by Gasteiger charge is -2.12. The third kappa shape index (κ3) is 2.34. The van der Waals surface area contributed by atoms with Gasteiger partial charge in [-0.25, -0.2) is 26.7 Å². The summed E-state index contributed by atoms with van der Waals surface area (Å²) in [5.41, 5.74) is 6.06. The van der Waals surface area contributed by atoms with Gasteiger partial charge in [-0.15, -0.1) is 0 Å². The molecule has 4 N–H and O–H groups in total. The standard InChI is InChI=1S/C9H6F5N3O/c1-2(16-17-9(15)18)3-4(10)6(12)8(14)7(13)5(3)11/h16H,1H2,(H3,15,17,18). The Morgan fingerprint density at radius 1 is 0.889 bits per heavy atom. The molecule has 0 heterocycles. The molecule has 0 saturated heterocycles. The monoisotopic (exact) mass is 267 g/mol. The van der Waals surface area contributed by atoms with Crippen LogP contribution in [0.2, 0.25) is 0 Å². The quantitative estimate of drug-likeness (QED) is 0.336. The first-order valence-electron chi connectivity index (χ1n) is 4.29. The molecule has 4 nitrogen and oxygen atoms in total. The van der Waals surface area contributed by atoms with E-state index in [4.69, 9.17) is 0 Å². The first kappa shape index (κ1) is 13.7. The molecule has 98 valence electrons. The number of primary amides is 1. The molecule has 0 spiro atoms. The van der Waals surface area contributed by atoms with Crippen molar-refractivity contribution < 1.29 is 26.7 Å². The summed E-state index contributed by atoms with van der Waals surface area (Å²) in [6, 6.07) is -1.14. The lowest BCUT2D eigenvalue weighted by molar-refractivity contribution is 0.247. The molecule has 0 atom stereocenters. The first-order valence-corrected chi connectivity index (χ1v) is 4.29. The minimum absolute atomic E-state index is 0.749. The summed E-state index contributed by atoms with van der Waals surface area (Å²) in [7, 11) is 0. The number of benzene rings is 1. The summed E-state index contributed by atoms with van der Waals surface area (Å²) in [6.45, 7) is 3.01. The van der Waals surface area contributed by atoms with Crippen molar-refractivity contribution in [2.45, 2.75) is 0 Å². The van der Waals surface area contributed by atoms with Gasteiger partial charge in [-0.05, 0) is 0 Å². The number of urea groups is 1. The Hall–Kier alpha value is -2.32. The van der Waals surface area contributed by atoms with E-state index >= 15 is 0 Å². The van der Waals surface area contributed by atoms with Crippen molar-refractivity contribution >= 4 is 11.7 Å². The highest BCUT2D eigenvalue weighted by Crippen LogP contribution is 2.26. The first-order chi connectivity index (χ1) is 8.27. The molecule has 0 saturated carbocycles. The van der Waals surface area contributed by atoms with E-state index < -0.39 is 46.4 Å². The van der Waals surface area contributed by atoms with E-state index in [1.54, 1.807) is 10.9 Å². The van der Waals surface area contributed by atoms with Crippen LogP contribution >= 0.6 is 0 Å². The van der Waals surface area contributed by atoms with E-state index in [0.717, 1.165) is 0 Å². The van der Waals surface area contributed by atoms with Gasteiger partial charge in [-0.3, -0.25) is 10.9 Å². The Bertz CT molecular complexity index is 502. The molecule has 0 radical (unpaired) electrons. The van der Waals surface area contributed by atoms with Gasteiger partial charge in [0, 0.05) is 0 Å². The van der Waals surface area contributed by atoms with Gasteiger partial charge in [-0.2, -0.15) is 0 Å². The number of halogens is 5. The highest BCUT2D eigenvalue weighted by atomic mass is 19.2. The van der Waals surface area contributed by atoms with Crippen LogP contribution in [0.5, 0.6) is 0 Å². The highest BCUT2D eigenvalue weighted by Gasteiger charge is 2.27. The van der Waals surface area contributed by atoms with Crippen LogP contribution in [0.25, 0.3) is 5.70 Å². The van der Waals surface area contributed by atoms with Crippen molar-refractivity contribution in [3.63, 3.8) is 0 Å². The number of hydrazine groups is 1. The van der Waals surface area contributed by atoms with Gasteiger partial charge in [-0.1, -0.05) is 6.58 Å². The van der Waals surface area contributed by atoms with Crippen LogP contribution in [-0.2, 0) is 0 Å². The Labute approximate surface area is 97.2 Å². The number of hydrogen-bond donors (Lipinski definition) is 3. The molecule has 0 aliphatic carbocycles. The third-order valence-corrected chi connectivity index (χ3v) is 1.85. The number of carbonyl (C=O) groups is 1. The topological polar surface area (TPSA) is 67.2 Å². The number of rotatable bonds is 3. The molecule has 0 aromatic heterocycles. The molecule has 0 aliphatic heterocycles. The fourth-order valence-corrected chi connectivity index (χ4v) is 1.07. The average molecular weight is 267 g/mol. The SMILES string of the molecule is C=C(NNC(N)=O)c1c(F)c(F)c(F)c(F)c1F. The smallest absolute Gasteiger partial charge is 0.330 e.